The molecule has 4 heteroatoms. The summed E-state index contributed by atoms with van der Waals surface area (Å²) >= 11 is 0. The molecule has 0 amide bonds. The maximum absolute atomic E-state index is 5.10. The molecule has 3 heterocycles. The summed E-state index contributed by atoms with van der Waals surface area (Å²) in [5.41, 5.74) is 14.4. The van der Waals surface area contributed by atoms with Crippen LogP contribution in [0.5, 0.6) is 0 Å². The minimum Gasteiger partial charge on any atom is -0.310 e. The van der Waals surface area contributed by atoms with E-state index in [0.29, 0.717) is 0 Å². The van der Waals surface area contributed by atoms with Gasteiger partial charge >= 0.3 is 0 Å². The fraction of sp³-hybridized carbons (Fsp3) is 0.0204. The van der Waals surface area contributed by atoms with E-state index in [1.807, 2.05) is 12.3 Å². The van der Waals surface area contributed by atoms with Crippen LogP contribution in [0, 0.1) is 6.92 Å². The van der Waals surface area contributed by atoms with Crippen LogP contribution in [-0.2, 0) is 0 Å². The highest BCUT2D eigenvalue weighted by Crippen LogP contribution is 2.40. The highest BCUT2D eigenvalue weighted by Gasteiger charge is 2.17. The molecule has 7 aromatic carbocycles. The number of aryl methyl sites for hydroxylation is 1. The standard InChI is InChI=1S/C49H34N4/c1-33-31-37(22-27-42(33)45-28-23-36-19-18-35-11-10-30-50-48(35)49(36)51-45)34-20-24-40(25-21-34)53-46-17-9-8-16-43(46)44-32-41(26-29-47(44)53)52(38-12-4-2-5-13-38)39-14-6-3-7-15-39/h2-32H,1H3. The zero-order valence-electron chi connectivity index (χ0n) is 29.2. The minimum atomic E-state index is 0.936. The Labute approximate surface area is 307 Å². The molecule has 4 nitrogen and oxygen atoms in total. The van der Waals surface area contributed by atoms with Gasteiger partial charge in [-0.2, -0.15) is 0 Å². The van der Waals surface area contributed by atoms with Crippen molar-refractivity contribution in [3.05, 3.63) is 194 Å². The first-order valence-corrected chi connectivity index (χ1v) is 18.0. The summed E-state index contributed by atoms with van der Waals surface area (Å²) in [5.74, 6) is 0. The van der Waals surface area contributed by atoms with E-state index in [2.05, 4.69) is 197 Å². The van der Waals surface area contributed by atoms with Crippen molar-refractivity contribution in [3.8, 4) is 28.1 Å². The molecule has 0 fully saturated rings. The van der Waals surface area contributed by atoms with Crippen molar-refractivity contribution >= 4 is 60.7 Å². The molecule has 0 bridgehead atoms. The first kappa shape index (κ1) is 30.8. The molecule has 0 aliphatic carbocycles. The molecule has 3 aromatic heterocycles. The number of anilines is 3. The molecule has 0 atom stereocenters. The van der Waals surface area contributed by atoms with Crippen molar-refractivity contribution in [2.45, 2.75) is 6.92 Å². The number of hydrogen-bond acceptors (Lipinski definition) is 3. The molecule has 10 rings (SSSR count). The summed E-state index contributed by atoms with van der Waals surface area (Å²) in [4.78, 5) is 12.1. The maximum Gasteiger partial charge on any atom is 0.0972 e. The number of fused-ring (bicyclic) bond motifs is 6. The Kier molecular flexibility index (Phi) is 7.33. The van der Waals surface area contributed by atoms with Crippen molar-refractivity contribution in [1.82, 2.24) is 14.5 Å². The molecule has 0 radical (unpaired) electrons. The van der Waals surface area contributed by atoms with Crippen molar-refractivity contribution < 1.29 is 0 Å². The van der Waals surface area contributed by atoms with E-state index in [9.17, 15) is 0 Å². The molecule has 0 aliphatic heterocycles. The van der Waals surface area contributed by atoms with Crippen molar-refractivity contribution in [2.24, 2.45) is 0 Å². The van der Waals surface area contributed by atoms with Crippen LogP contribution in [0.15, 0.2) is 188 Å². The quantitative estimate of drug-likeness (QED) is 0.164. The third kappa shape index (κ3) is 5.31. The number of rotatable bonds is 6. The van der Waals surface area contributed by atoms with E-state index < -0.39 is 0 Å². The molecular formula is C49H34N4. The van der Waals surface area contributed by atoms with Gasteiger partial charge in [-0.1, -0.05) is 109 Å². The Balaban J connectivity index is 1.01. The smallest absolute Gasteiger partial charge is 0.0972 e. The molecule has 0 aliphatic rings. The van der Waals surface area contributed by atoms with Gasteiger partial charge < -0.3 is 9.47 Å². The Bertz CT molecular complexity index is 2910. The fourth-order valence-corrected chi connectivity index (χ4v) is 7.79. The van der Waals surface area contributed by atoms with E-state index in [-0.39, 0.29) is 0 Å². The third-order valence-corrected chi connectivity index (χ3v) is 10.3. The van der Waals surface area contributed by atoms with E-state index in [4.69, 9.17) is 4.98 Å². The van der Waals surface area contributed by atoms with Gasteiger partial charge in [-0.05, 0) is 96.4 Å². The zero-order valence-corrected chi connectivity index (χ0v) is 29.2. The van der Waals surface area contributed by atoms with E-state index >= 15 is 0 Å². The number of benzene rings is 7. The van der Waals surface area contributed by atoms with Gasteiger partial charge in [-0.3, -0.25) is 4.98 Å². The topological polar surface area (TPSA) is 34.0 Å². The second kappa shape index (κ2) is 12.6. The summed E-state index contributed by atoms with van der Waals surface area (Å²) in [6.45, 7) is 2.17. The van der Waals surface area contributed by atoms with Gasteiger partial charge in [0.1, 0.15) is 0 Å². The Hall–Kier alpha value is -7.04. The summed E-state index contributed by atoms with van der Waals surface area (Å²) in [7, 11) is 0. The van der Waals surface area contributed by atoms with E-state index in [1.165, 1.54) is 38.5 Å². The van der Waals surface area contributed by atoms with Crippen LogP contribution in [0.2, 0.25) is 0 Å². The van der Waals surface area contributed by atoms with Crippen LogP contribution < -0.4 is 4.90 Å². The summed E-state index contributed by atoms with van der Waals surface area (Å²) in [6.07, 6.45) is 1.84. The van der Waals surface area contributed by atoms with Crippen LogP contribution in [0.4, 0.5) is 17.1 Å². The molecule has 0 saturated heterocycles. The van der Waals surface area contributed by atoms with Gasteiger partial charge in [0.2, 0.25) is 0 Å². The first-order chi connectivity index (χ1) is 26.2. The molecule has 10 aromatic rings. The average molecular weight is 679 g/mol. The third-order valence-electron chi connectivity index (χ3n) is 10.3. The number of aromatic nitrogens is 3. The lowest BCUT2D eigenvalue weighted by Crippen LogP contribution is -2.09. The lowest BCUT2D eigenvalue weighted by molar-refractivity contribution is 1.18. The normalized spacial score (nSPS) is 11.5. The van der Waals surface area contributed by atoms with Crippen molar-refractivity contribution in [2.75, 3.05) is 4.90 Å². The number of hydrogen-bond donors (Lipinski definition) is 0. The average Bonchev–Trinajstić information content (AvgIpc) is 3.55. The van der Waals surface area contributed by atoms with Gasteiger partial charge in [0, 0.05) is 56.1 Å². The number of pyridine rings is 2. The second-order valence-corrected chi connectivity index (χ2v) is 13.5. The van der Waals surface area contributed by atoms with E-state index in [1.54, 1.807) is 0 Å². The molecule has 0 unspecified atom stereocenters. The Morgan fingerprint density at radius 2 is 1.13 bits per heavy atom. The fourth-order valence-electron chi connectivity index (χ4n) is 7.79. The summed E-state index contributed by atoms with van der Waals surface area (Å²) in [5, 5.41) is 4.64. The molecule has 0 spiro atoms. The minimum absolute atomic E-state index is 0.936. The molecule has 0 N–H and O–H groups in total. The van der Waals surface area contributed by atoms with Crippen LogP contribution >= 0.6 is 0 Å². The van der Waals surface area contributed by atoms with Crippen LogP contribution in [-0.4, -0.2) is 14.5 Å². The Morgan fingerprint density at radius 1 is 0.472 bits per heavy atom. The molecular weight excluding hydrogens is 645 g/mol. The predicted octanol–water partition coefficient (Wildman–Crippen LogP) is 13.0. The highest BCUT2D eigenvalue weighted by atomic mass is 15.1. The highest BCUT2D eigenvalue weighted by molar-refractivity contribution is 6.11. The first-order valence-electron chi connectivity index (χ1n) is 18.0. The van der Waals surface area contributed by atoms with Gasteiger partial charge in [-0.25, -0.2) is 4.98 Å². The molecule has 0 saturated carbocycles. The Morgan fingerprint density at radius 3 is 1.89 bits per heavy atom. The summed E-state index contributed by atoms with van der Waals surface area (Å²) < 4.78 is 2.38. The largest absolute Gasteiger partial charge is 0.310 e. The van der Waals surface area contributed by atoms with Crippen molar-refractivity contribution in [3.63, 3.8) is 0 Å². The van der Waals surface area contributed by atoms with Crippen LogP contribution in [0.25, 0.3) is 71.7 Å². The summed E-state index contributed by atoms with van der Waals surface area (Å²) in [6, 6.07) is 64.9. The van der Waals surface area contributed by atoms with E-state index in [0.717, 1.165) is 55.8 Å². The molecule has 250 valence electrons. The lowest BCUT2D eigenvalue weighted by atomic mass is 9.97. The van der Waals surface area contributed by atoms with Crippen LogP contribution in [0.3, 0.4) is 0 Å². The predicted molar refractivity (Wildman–Crippen MR) is 222 cm³/mol. The van der Waals surface area contributed by atoms with Crippen LogP contribution in [0.1, 0.15) is 5.56 Å². The maximum atomic E-state index is 5.10. The monoisotopic (exact) mass is 678 g/mol. The van der Waals surface area contributed by atoms with Gasteiger partial charge in [0.25, 0.3) is 0 Å². The van der Waals surface area contributed by atoms with Crippen molar-refractivity contribution in [1.29, 1.82) is 0 Å². The molecule has 53 heavy (non-hydrogen) atoms. The SMILES string of the molecule is Cc1cc(-c2ccc(-n3c4ccccc4c4cc(N(c5ccccc5)c5ccccc5)ccc43)cc2)ccc1-c1ccc2ccc3cccnc3c2n1. The number of para-hydroxylation sites is 3. The second-order valence-electron chi connectivity index (χ2n) is 13.5. The number of nitrogens with zero attached hydrogens (tertiary/aromatic N) is 4. The van der Waals surface area contributed by atoms with Gasteiger partial charge in [0.05, 0.1) is 27.8 Å². The van der Waals surface area contributed by atoms with Gasteiger partial charge in [-0.15, -0.1) is 0 Å². The zero-order chi connectivity index (χ0) is 35.3. The van der Waals surface area contributed by atoms with Gasteiger partial charge in [0.15, 0.2) is 0 Å². The lowest BCUT2D eigenvalue weighted by Gasteiger charge is -2.25.